The first-order valence-electron chi connectivity index (χ1n) is 7.94. The zero-order chi connectivity index (χ0) is 17.7. The number of carbonyl (C=O) groups is 1. The summed E-state index contributed by atoms with van der Waals surface area (Å²) in [5.74, 6) is -0.818. The van der Waals surface area contributed by atoms with E-state index in [0.717, 1.165) is 22.1 Å². The zero-order valence-electron chi connectivity index (χ0n) is 14.0. The van der Waals surface area contributed by atoms with Crippen LogP contribution in [0.25, 0.3) is 10.8 Å². The van der Waals surface area contributed by atoms with Gasteiger partial charge in [0.1, 0.15) is 5.75 Å². The third kappa shape index (κ3) is 4.04. The Balaban J connectivity index is 2.27. The highest BCUT2D eigenvalue weighted by Crippen LogP contribution is 2.31. The van der Waals surface area contributed by atoms with E-state index in [1.54, 1.807) is 14.0 Å². The fourth-order valence-electron chi connectivity index (χ4n) is 2.72. The summed E-state index contributed by atoms with van der Waals surface area (Å²) in [5.41, 5.74) is 0.0520. The molecule has 0 aliphatic carbocycles. The Morgan fingerprint density at radius 1 is 1.12 bits per heavy atom. The van der Waals surface area contributed by atoms with Crippen LogP contribution < -0.4 is 4.74 Å². The number of benzene rings is 2. The van der Waals surface area contributed by atoms with Crippen molar-refractivity contribution in [3.05, 3.63) is 42.0 Å². The second-order valence-electron chi connectivity index (χ2n) is 6.53. The largest absolute Gasteiger partial charge is 0.497 e. The first-order valence-corrected chi connectivity index (χ1v) is 7.94. The molecule has 0 amide bonds. The number of hydrogen-bond donors (Lipinski definition) is 3. The topological polar surface area (TPSA) is 87.0 Å². The van der Waals surface area contributed by atoms with E-state index < -0.39 is 17.3 Å². The van der Waals surface area contributed by atoms with Gasteiger partial charge in [0.15, 0.2) is 0 Å². The lowest BCUT2D eigenvalue weighted by Gasteiger charge is -2.26. The Labute approximate surface area is 141 Å². The number of aliphatic hydroxyl groups excluding tert-OH is 2. The van der Waals surface area contributed by atoms with Crippen LogP contribution in [0.5, 0.6) is 5.75 Å². The Bertz CT molecular complexity index is 706. The zero-order valence-corrected chi connectivity index (χ0v) is 14.0. The average Bonchev–Trinajstić information content (AvgIpc) is 2.60. The van der Waals surface area contributed by atoms with Gasteiger partial charge < -0.3 is 20.1 Å². The minimum Gasteiger partial charge on any atom is -0.497 e. The molecule has 0 aliphatic heterocycles. The van der Waals surface area contributed by atoms with Gasteiger partial charge in [-0.05, 0) is 41.3 Å². The van der Waals surface area contributed by atoms with Crippen LogP contribution in [-0.2, 0) is 4.79 Å². The second kappa shape index (κ2) is 7.64. The molecule has 0 saturated heterocycles. The number of rotatable bonds is 8. The molecule has 0 radical (unpaired) electrons. The lowest BCUT2D eigenvalue weighted by atomic mass is 9.82. The summed E-state index contributed by atoms with van der Waals surface area (Å²) in [4.78, 5) is 11.7. The van der Waals surface area contributed by atoms with E-state index in [9.17, 15) is 20.1 Å². The Morgan fingerprint density at radius 3 is 2.33 bits per heavy atom. The van der Waals surface area contributed by atoms with Crippen molar-refractivity contribution in [2.45, 2.75) is 25.7 Å². The molecular formula is C19H24O5. The Kier molecular flexibility index (Phi) is 5.80. The summed E-state index contributed by atoms with van der Waals surface area (Å²) >= 11 is 0. The van der Waals surface area contributed by atoms with Crippen molar-refractivity contribution in [3.8, 4) is 5.75 Å². The van der Waals surface area contributed by atoms with Gasteiger partial charge in [-0.1, -0.05) is 31.2 Å². The molecule has 0 unspecified atom stereocenters. The molecule has 0 aromatic heterocycles. The monoisotopic (exact) mass is 332 g/mol. The van der Waals surface area contributed by atoms with Crippen LogP contribution in [0.15, 0.2) is 36.4 Å². The molecule has 5 nitrogen and oxygen atoms in total. The van der Waals surface area contributed by atoms with Crippen molar-refractivity contribution < 1.29 is 24.9 Å². The number of methoxy groups -OCH3 is 1. The molecule has 0 heterocycles. The van der Waals surface area contributed by atoms with Crippen LogP contribution in [0.3, 0.4) is 0 Å². The molecular weight excluding hydrogens is 308 g/mol. The highest BCUT2D eigenvalue weighted by atomic mass is 16.5. The van der Waals surface area contributed by atoms with Crippen LogP contribution in [0.4, 0.5) is 0 Å². The highest BCUT2D eigenvalue weighted by Gasteiger charge is 2.27. The molecule has 0 fully saturated rings. The molecule has 130 valence electrons. The molecule has 0 aliphatic rings. The van der Waals surface area contributed by atoms with E-state index in [4.69, 9.17) is 4.74 Å². The molecule has 5 heteroatoms. The first-order chi connectivity index (χ1) is 11.4. The molecule has 0 spiro atoms. The number of carboxylic acid groups (broad SMARTS) is 1. The summed E-state index contributed by atoms with van der Waals surface area (Å²) in [5, 5.41) is 30.3. The van der Waals surface area contributed by atoms with Crippen LogP contribution >= 0.6 is 0 Å². The maximum atomic E-state index is 11.7. The number of ether oxygens (including phenoxy) is 1. The molecule has 24 heavy (non-hydrogen) atoms. The van der Waals surface area contributed by atoms with Crippen LogP contribution in [0.2, 0.25) is 0 Å². The number of carboxylic acids is 1. The number of hydrogen-bond acceptors (Lipinski definition) is 4. The van der Waals surface area contributed by atoms with Gasteiger partial charge in [0.25, 0.3) is 0 Å². The van der Waals surface area contributed by atoms with E-state index in [1.165, 1.54) is 0 Å². The van der Waals surface area contributed by atoms with Gasteiger partial charge >= 0.3 is 5.97 Å². The van der Waals surface area contributed by atoms with E-state index in [-0.39, 0.29) is 13.2 Å². The van der Waals surface area contributed by atoms with E-state index in [2.05, 4.69) is 0 Å². The van der Waals surface area contributed by atoms with Gasteiger partial charge in [0.05, 0.1) is 26.2 Å². The van der Waals surface area contributed by atoms with Crippen molar-refractivity contribution in [2.24, 2.45) is 5.41 Å². The summed E-state index contributed by atoms with van der Waals surface area (Å²) < 4.78 is 5.20. The smallest absolute Gasteiger partial charge is 0.310 e. The van der Waals surface area contributed by atoms with Crippen molar-refractivity contribution in [3.63, 3.8) is 0 Å². The van der Waals surface area contributed by atoms with E-state index >= 15 is 0 Å². The fourth-order valence-corrected chi connectivity index (χ4v) is 2.72. The summed E-state index contributed by atoms with van der Waals surface area (Å²) in [6.07, 6.45) is 0.784. The molecule has 1 atom stereocenters. The number of aliphatic hydroxyl groups is 2. The van der Waals surface area contributed by atoms with Gasteiger partial charge in [-0.3, -0.25) is 4.79 Å². The predicted octanol–water partition coefficient (Wildman–Crippen LogP) is 2.79. The lowest BCUT2D eigenvalue weighted by Crippen LogP contribution is -2.27. The SMILES string of the molecule is COc1ccc2cc([C@H](CCC(C)(CO)CO)C(=O)O)ccc2c1. The normalized spacial score (nSPS) is 13.0. The van der Waals surface area contributed by atoms with Crippen molar-refractivity contribution in [2.75, 3.05) is 20.3 Å². The molecule has 0 bridgehead atoms. The maximum absolute atomic E-state index is 11.7. The van der Waals surface area contributed by atoms with Crippen molar-refractivity contribution in [1.82, 2.24) is 0 Å². The maximum Gasteiger partial charge on any atom is 0.310 e. The van der Waals surface area contributed by atoms with Gasteiger partial charge in [-0.2, -0.15) is 0 Å². The summed E-state index contributed by atoms with van der Waals surface area (Å²) in [6.45, 7) is 1.40. The Hall–Kier alpha value is -2.11. The van der Waals surface area contributed by atoms with E-state index in [0.29, 0.717) is 12.8 Å². The predicted molar refractivity (Wildman–Crippen MR) is 92.4 cm³/mol. The van der Waals surface area contributed by atoms with Gasteiger partial charge in [0, 0.05) is 5.41 Å². The standard InChI is InChI=1S/C19H24O5/c1-19(11-20,12-21)8-7-17(18(22)23)15-4-3-14-10-16(24-2)6-5-13(14)9-15/h3-6,9-10,17,20-21H,7-8,11-12H2,1-2H3,(H,22,23)/t17-/m0/s1. The quantitative estimate of drug-likeness (QED) is 0.692. The van der Waals surface area contributed by atoms with Gasteiger partial charge in [-0.25, -0.2) is 0 Å². The first kappa shape index (κ1) is 18.2. The minimum atomic E-state index is -0.902. The molecule has 2 aromatic carbocycles. The summed E-state index contributed by atoms with van der Waals surface area (Å²) in [6, 6.07) is 11.2. The van der Waals surface area contributed by atoms with Crippen molar-refractivity contribution >= 4 is 16.7 Å². The number of aliphatic carboxylic acids is 1. The second-order valence-corrected chi connectivity index (χ2v) is 6.53. The van der Waals surface area contributed by atoms with Crippen LogP contribution in [-0.4, -0.2) is 41.6 Å². The minimum absolute atomic E-state index is 0.173. The average molecular weight is 332 g/mol. The Morgan fingerprint density at radius 2 is 1.75 bits per heavy atom. The molecule has 0 saturated carbocycles. The third-order valence-corrected chi connectivity index (χ3v) is 4.57. The lowest BCUT2D eigenvalue weighted by molar-refractivity contribution is -0.139. The third-order valence-electron chi connectivity index (χ3n) is 4.57. The highest BCUT2D eigenvalue weighted by molar-refractivity contribution is 5.86. The van der Waals surface area contributed by atoms with Gasteiger partial charge in [0.2, 0.25) is 0 Å². The molecule has 2 aromatic rings. The van der Waals surface area contributed by atoms with Gasteiger partial charge in [-0.15, -0.1) is 0 Å². The van der Waals surface area contributed by atoms with Crippen LogP contribution in [0.1, 0.15) is 31.2 Å². The summed E-state index contributed by atoms with van der Waals surface area (Å²) in [7, 11) is 1.61. The van der Waals surface area contributed by atoms with E-state index in [1.807, 2.05) is 36.4 Å². The molecule has 2 rings (SSSR count). The number of fused-ring (bicyclic) bond motifs is 1. The van der Waals surface area contributed by atoms with Crippen LogP contribution in [0, 0.1) is 5.41 Å². The fraction of sp³-hybridized carbons (Fsp3) is 0.421. The molecule has 3 N–H and O–H groups in total. The van der Waals surface area contributed by atoms with Crippen molar-refractivity contribution in [1.29, 1.82) is 0 Å².